The van der Waals surface area contributed by atoms with Gasteiger partial charge < -0.3 is 4.98 Å². The van der Waals surface area contributed by atoms with E-state index in [0.29, 0.717) is 27.6 Å². The number of para-hydroxylation sites is 2. The Morgan fingerprint density at radius 3 is 2.30 bits per heavy atom. The van der Waals surface area contributed by atoms with Gasteiger partial charge in [-0.3, -0.25) is 14.2 Å². The average molecular weight is 462 g/mol. The van der Waals surface area contributed by atoms with Crippen molar-refractivity contribution in [1.29, 1.82) is 0 Å². The van der Waals surface area contributed by atoms with Crippen molar-refractivity contribution in [1.82, 2.24) is 19.5 Å². The molecular weight excluding hydrogens is 446 g/mol. The van der Waals surface area contributed by atoms with Crippen molar-refractivity contribution in [3.05, 3.63) is 105 Å². The van der Waals surface area contributed by atoms with Gasteiger partial charge in [-0.2, -0.15) is 0 Å². The molecule has 33 heavy (non-hydrogen) atoms. The second kappa shape index (κ2) is 8.25. The van der Waals surface area contributed by atoms with E-state index in [1.54, 1.807) is 55.5 Å². The van der Waals surface area contributed by atoms with Gasteiger partial charge in [0.25, 0.3) is 11.1 Å². The van der Waals surface area contributed by atoms with E-state index < -0.39 is 22.4 Å². The maximum atomic E-state index is 14.7. The highest BCUT2D eigenvalue weighted by Gasteiger charge is 2.20. The van der Waals surface area contributed by atoms with E-state index in [1.807, 2.05) is 0 Å². The maximum absolute atomic E-state index is 14.7. The molecule has 0 aliphatic carbocycles. The Bertz CT molecular complexity index is 1650. The van der Waals surface area contributed by atoms with Crippen LogP contribution in [0.15, 0.2) is 81.5 Å². The number of hydrogen-bond acceptors (Lipinski definition) is 5. The van der Waals surface area contributed by atoms with Gasteiger partial charge in [-0.25, -0.2) is 18.7 Å². The first-order valence-corrected chi connectivity index (χ1v) is 10.9. The number of halogens is 2. The van der Waals surface area contributed by atoms with Crippen LogP contribution >= 0.6 is 11.8 Å². The molecule has 0 bridgehead atoms. The molecule has 3 aromatic carbocycles. The molecule has 1 atom stereocenters. The molecule has 1 N–H and O–H groups in total. The second-order valence-corrected chi connectivity index (χ2v) is 8.68. The Balaban J connectivity index is 1.67. The maximum Gasteiger partial charge on any atom is 0.266 e. The molecule has 0 amide bonds. The van der Waals surface area contributed by atoms with Crippen molar-refractivity contribution in [2.75, 3.05) is 0 Å². The lowest BCUT2D eigenvalue weighted by Gasteiger charge is -2.17. The largest absolute Gasteiger partial charge is 0.309 e. The van der Waals surface area contributed by atoms with Gasteiger partial charge >= 0.3 is 0 Å². The molecule has 0 fully saturated rings. The summed E-state index contributed by atoms with van der Waals surface area (Å²) < 4.78 is 29.3. The summed E-state index contributed by atoms with van der Waals surface area (Å²) in [6.45, 7) is 1.80. The smallest absolute Gasteiger partial charge is 0.266 e. The zero-order valence-electron chi connectivity index (χ0n) is 17.3. The molecule has 0 saturated heterocycles. The van der Waals surface area contributed by atoms with Crippen molar-refractivity contribution in [2.45, 2.75) is 17.3 Å². The van der Waals surface area contributed by atoms with Crippen LogP contribution in [0, 0.1) is 11.6 Å². The summed E-state index contributed by atoms with van der Waals surface area (Å²) in [6.07, 6.45) is 0. The molecule has 0 saturated carbocycles. The molecule has 1 unspecified atom stereocenters. The van der Waals surface area contributed by atoms with Gasteiger partial charge in [0.15, 0.2) is 5.16 Å². The number of benzene rings is 3. The van der Waals surface area contributed by atoms with Crippen LogP contribution in [0.5, 0.6) is 0 Å². The number of nitrogens with one attached hydrogen (secondary N) is 1. The monoisotopic (exact) mass is 462 g/mol. The van der Waals surface area contributed by atoms with E-state index in [-0.39, 0.29) is 16.4 Å². The van der Waals surface area contributed by atoms with Crippen LogP contribution in [-0.4, -0.2) is 19.5 Å². The number of thioether (sulfide) groups is 1. The predicted molar refractivity (Wildman–Crippen MR) is 124 cm³/mol. The summed E-state index contributed by atoms with van der Waals surface area (Å²) in [5.74, 6) is -1.25. The highest BCUT2D eigenvalue weighted by Crippen LogP contribution is 2.33. The van der Waals surface area contributed by atoms with Gasteiger partial charge in [0.1, 0.15) is 17.5 Å². The number of hydrogen-bond donors (Lipinski definition) is 1. The van der Waals surface area contributed by atoms with E-state index in [0.717, 1.165) is 28.5 Å². The Morgan fingerprint density at radius 2 is 1.58 bits per heavy atom. The normalized spacial score (nSPS) is 12.3. The van der Waals surface area contributed by atoms with Crippen LogP contribution in [0.25, 0.3) is 27.5 Å². The second-order valence-electron chi connectivity index (χ2n) is 7.38. The third-order valence-corrected chi connectivity index (χ3v) is 6.26. The summed E-state index contributed by atoms with van der Waals surface area (Å²) in [4.78, 5) is 37.7. The number of aromatic amines is 1. The summed E-state index contributed by atoms with van der Waals surface area (Å²) in [7, 11) is 0. The minimum absolute atomic E-state index is 0.116. The van der Waals surface area contributed by atoms with E-state index in [4.69, 9.17) is 0 Å². The highest BCUT2D eigenvalue weighted by atomic mass is 32.2. The first-order chi connectivity index (χ1) is 15.9. The number of H-pyrrole nitrogens is 1. The molecule has 2 heterocycles. The molecule has 9 heteroatoms. The van der Waals surface area contributed by atoms with Crippen LogP contribution in [0.3, 0.4) is 0 Å². The van der Waals surface area contributed by atoms with Gasteiger partial charge in [0, 0.05) is 6.07 Å². The van der Waals surface area contributed by atoms with Crippen LogP contribution in [0.1, 0.15) is 18.0 Å². The van der Waals surface area contributed by atoms with E-state index in [9.17, 15) is 18.4 Å². The first-order valence-electron chi connectivity index (χ1n) is 10.1. The lowest BCUT2D eigenvalue weighted by Crippen LogP contribution is -2.23. The SMILES string of the molecule is CC(Sc1nc2ccccc2c(=O)n1-c1ccc(F)cc1F)c1nc2ccccc2c(=O)[nH]1. The lowest BCUT2D eigenvalue weighted by atomic mass is 10.2. The fraction of sp³-hybridized carbons (Fsp3) is 0.0833. The van der Waals surface area contributed by atoms with Crippen LogP contribution in [-0.2, 0) is 0 Å². The zero-order chi connectivity index (χ0) is 23.1. The Kier molecular flexibility index (Phi) is 5.26. The third-order valence-electron chi connectivity index (χ3n) is 5.19. The van der Waals surface area contributed by atoms with Gasteiger partial charge in [-0.1, -0.05) is 36.0 Å². The molecule has 0 radical (unpaired) electrons. The van der Waals surface area contributed by atoms with Crippen molar-refractivity contribution >= 4 is 33.6 Å². The van der Waals surface area contributed by atoms with Crippen LogP contribution < -0.4 is 11.1 Å². The molecule has 2 aromatic heterocycles. The summed E-state index contributed by atoms with van der Waals surface area (Å²) in [5.41, 5.74) is 0.0969. The minimum atomic E-state index is -0.888. The number of aromatic nitrogens is 4. The third kappa shape index (κ3) is 3.80. The average Bonchev–Trinajstić information content (AvgIpc) is 2.80. The van der Waals surface area contributed by atoms with Gasteiger partial charge in [-0.05, 0) is 43.3 Å². The Morgan fingerprint density at radius 1 is 0.909 bits per heavy atom. The van der Waals surface area contributed by atoms with Gasteiger partial charge in [0.05, 0.1) is 32.7 Å². The van der Waals surface area contributed by atoms with Crippen LogP contribution in [0.2, 0.25) is 0 Å². The molecule has 5 aromatic rings. The summed E-state index contributed by atoms with van der Waals surface area (Å²) in [5, 5.41) is 0.515. The van der Waals surface area contributed by atoms with Crippen molar-refractivity contribution in [2.24, 2.45) is 0 Å². The minimum Gasteiger partial charge on any atom is -0.309 e. The molecule has 0 spiro atoms. The lowest BCUT2D eigenvalue weighted by molar-refractivity contribution is 0.572. The number of fused-ring (bicyclic) bond motifs is 2. The Labute approximate surface area is 190 Å². The molecule has 6 nitrogen and oxygen atoms in total. The molecule has 0 aliphatic heterocycles. The van der Waals surface area contributed by atoms with E-state index >= 15 is 0 Å². The predicted octanol–water partition coefficient (Wildman–Crippen LogP) is 4.75. The fourth-order valence-corrected chi connectivity index (χ4v) is 4.55. The van der Waals surface area contributed by atoms with Crippen molar-refractivity contribution in [3.8, 4) is 5.69 Å². The van der Waals surface area contributed by atoms with Crippen molar-refractivity contribution in [3.63, 3.8) is 0 Å². The van der Waals surface area contributed by atoms with Crippen LogP contribution in [0.4, 0.5) is 8.78 Å². The quantitative estimate of drug-likeness (QED) is 0.308. The van der Waals surface area contributed by atoms with Gasteiger partial charge in [0.2, 0.25) is 0 Å². The molecule has 5 rings (SSSR count). The van der Waals surface area contributed by atoms with E-state index in [1.165, 1.54) is 6.07 Å². The first kappa shape index (κ1) is 21.0. The Hall–Kier alpha value is -3.85. The molecular formula is C24H16F2N4O2S. The van der Waals surface area contributed by atoms with Gasteiger partial charge in [-0.15, -0.1) is 0 Å². The molecule has 164 valence electrons. The number of nitrogens with zero attached hydrogens (tertiary/aromatic N) is 3. The van der Waals surface area contributed by atoms with E-state index in [2.05, 4.69) is 15.0 Å². The van der Waals surface area contributed by atoms with Crippen molar-refractivity contribution < 1.29 is 8.78 Å². The highest BCUT2D eigenvalue weighted by molar-refractivity contribution is 7.99. The standard InChI is InChI=1S/C24H16F2N4O2S/c1-13(21-27-18-8-4-2-6-15(18)22(31)29-21)33-24-28-19-9-5-3-7-16(19)23(32)30(24)20-11-10-14(25)12-17(20)26/h2-13H,1H3,(H,27,29,31). The summed E-state index contributed by atoms with van der Waals surface area (Å²) >= 11 is 1.14. The zero-order valence-corrected chi connectivity index (χ0v) is 18.1. The molecule has 0 aliphatic rings. The number of rotatable bonds is 4. The fourth-order valence-electron chi connectivity index (χ4n) is 3.58. The summed E-state index contributed by atoms with van der Waals surface area (Å²) in [6, 6.07) is 16.7. The topological polar surface area (TPSA) is 80.6 Å².